The molecule has 0 saturated carbocycles. The van der Waals surface area contributed by atoms with Crippen LogP contribution in [0.5, 0.6) is 0 Å². The average molecular weight is 321 g/mol. The second-order valence-electron chi connectivity index (χ2n) is 6.16. The van der Waals surface area contributed by atoms with E-state index < -0.39 is 0 Å². The Bertz CT molecular complexity index is 524. The van der Waals surface area contributed by atoms with Crippen molar-refractivity contribution in [3.63, 3.8) is 0 Å². The van der Waals surface area contributed by atoms with Gasteiger partial charge in [-0.25, -0.2) is 0 Å². The number of hydrogen-bond donors (Lipinski definition) is 0. The number of thiophene rings is 1. The van der Waals surface area contributed by atoms with E-state index >= 15 is 0 Å². The summed E-state index contributed by atoms with van der Waals surface area (Å²) in [5, 5.41) is 2.02. The lowest BCUT2D eigenvalue weighted by atomic mass is 9.73. The fourth-order valence-electron chi connectivity index (χ4n) is 3.62. The van der Waals surface area contributed by atoms with Crippen molar-refractivity contribution in [2.24, 2.45) is 5.41 Å². The van der Waals surface area contributed by atoms with Crippen LogP contribution in [0.15, 0.2) is 23.6 Å². The number of ether oxygens (including phenoxy) is 2. The van der Waals surface area contributed by atoms with Crippen LogP contribution in [0.4, 0.5) is 0 Å². The molecular weight excluding hydrogens is 298 g/mol. The van der Waals surface area contributed by atoms with E-state index in [0.717, 1.165) is 43.8 Å². The van der Waals surface area contributed by atoms with Gasteiger partial charge in [-0.05, 0) is 36.8 Å². The molecule has 4 nitrogen and oxygen atoms in total. The summed E-state index contributed by atoms with van der Waals surface area (Å²) in [7, 11) is 1.73. The molecule has 2 aliphatic heterocycles. The van der Waals surface area contributed by atoms with Gasteiger partial charge in [-0.1, -0.05) is 6.07 Å². The van der Waals surface area contributed by atoms with Crippen LogP contribution in [-0.2, 0) is 14.3 Å². The molecule has 2 fully saturated rings. The highest BCUT2D eigenvalue weighted by atomic mass is 32.1. The summed E-state index contributed by atoms with van der Waals surface area (Å²) < 4.78 is 11.4. The molecule has 120 valence electrons. The molecule has 5 heteroatoms. The Morgan fingerprint density at radius 1 is 1.64 bits per heavy atom. The molecule has 2 atom stereocenters. The van der Waals surface area contributed by atoms with Crippen molar-refractivity contribution in [2.45, 2.75) is 25.4 Å². The second-order valence-corrected chi connectivity index (χ2v) is 7.13. The van der Waals surface area contributed by atoms with Gasteiger partial charge in [0.25, 0.3) is 0 Å². The van der Waals surface area contributed by atoms with Crippen LogP contribution < -0.4 is 0 Å². The highest BCUT2D eigenvalue weighted by Gasteiger charge is 2.46. The summed E-state index contributed by atoms with van der Waals surface area (Å²) in [4.78, 5) is 15.5. The zero-order valence-corrected chi connectivity index (χ0v) is 13.8. The number of fused-ring (bicyclic) bond motifs is 1. The fraction of sp³-hybridized carbons (Fsp3) is 0.588. The van der Waals surface area contributed by atoms with E-state index in [1.54, 1.807) is 24.5 Å². The number of likely N-dealkylation sites (tertiary alicyclic amines) is 1. The largest absolute Gasteiger partial charge is 0.384 e. The molecule has 0 bridgehead atoms. The van der Waals surface area contributed by atoms with Gasteiger partial charge in [-0.2, -0.15) is 0 Å². The zero-order chi connectivity index (χ0) is 15.4. The standard InChI is InChI=1S/C17H23NO3S/c1-20-13-17-8-3-10-21-15(17)7-9-18(12-17)16(19)6-5-14-4-2-11-22-14/h2,4-6,11,15H,3,7-10,12-13H2,1H3/b6-5+. The highest BCUT2D eigenvalue weighted by molar-refractivity contribution is 7.10. The van der Waals surface area contributed by atoms with E-state index in [0.29, 0.717) is 6.61 Å². The lowest BCUT2D eigenvalue weighted by Crippen LogP contribution is -2.57. The van der Waals surface area contributed by atoms with Gasteiger partial charge < -0.3 is 14.4 Å². The molecule has 0 spiro atoms. The molecule has 2 unspecified atom stereocenters. The molecule has 3 heterocycles. The lowest BCUT2D eigenvalue weighted by Gasteiger charge is -2.50. The van der Waals surface area contributed by atoms with Crippen molar-refractivity contribution in [2.75, 3.05) is 33.4 Å². The van der Waals surface area contributed by atoms with Gasteiger partial charge in [0.1, 0.15) is 0 Å². The van der Waals surface area contributed by atoms with Crippen LogP contribution in [0.25, 0.3) is 6.08 Å². The number of nitrogens with zero attached hydrogens (tertiary/aromatic N) is 1. The van der Waals surface area contributed by atoms with Gasteiger partial charge in [-0.3, -0.25) is 4.79 Å². The highest BCUT2D eigenvalue weighted by Crippen LogP contribution is 2.40. The Balaban J connectivity index is 1.68. The Hall–Kier alpha value is -1.17. The number of methoxy groups -OCH3 is 1. The minimum absolute atomic E-state index is 0.0301. The molecule has 1 amide bonds. The summed E-state index contributed by atoms with van der Waals surface area (Å²) in [6.07, 6.45) is 6.85. The average Bonchev–Trinajstić information content (AvgIpc) is 3.05. The Labute approximate surface area is 135 Å². The number of carbonyl (C=O) groups excluding carboxylic acids is 1. The molecule has 0 N–H and O–H groups in total. The van der Waals surface area contributed by atoms with Crippen molar-refractivity contribution in [1.29, 1.82) is 0 Å². The Morgan fingerprint density at radius 3 is 3.32 bits per heavy atom. The number of hydrogen-bond acceptors (Lipinski definition) is 4. The smallest absolute Gasteiger partial charge is 0.246 e. The summed E-state index contributed by atoms with van der Waals surface area (Å²) in [6.45, 7) is 3.00. The quantitative estimate of drug-likeness (QED) is 0.801. The first-order valence-corrected chi connectivity index (χ1v) is 8.72. The lowest BCUT2D eigenvalue weighted by molar-refractivity contribution is -0.159. The Kier molecular flexibility index (Phi) is 4.96. The predicted octanol–water partition coefficient (Wildman–Crippen LogP) is 2.81. The maximum Gasteiger partial charge on any atom is 0.246 e. The van der Waals surface area contributed by atoms with Crippen molar-refractivity contribution in [3.05, 3.63) is 28.5 Å². The summed E-state index contributed by atoms with van der Waals surface area (Å²) >= 11 is 1.64. The first kappa shape index (κ1) is 15.7. The first-order chi connectivity index (χ1) is 10.7. The van der Waals surface area contributed by atoms with Crippen molar-refractivity contribution in [3.8, 4) is 0 Å². The maximum absolute atomic E-state index is 12.5. The number of carbonyl (C=O) groups is 1. The molecule has 0 aliphatic carbocycles. The number of amides is 1. The molecule has 1 aromatic heterocycles. The summed E-state index contributed by atoms with van der Waals surface area (Å²) in [5.41, 5.74) is -0.0301. The van der Waals surface area contributed by atoms with Crippen LogP contribution in [0.3, 0.4) is 0 Å². The Morgan fingerprint density at radius 2 is 2.55 bits per heavy atom. The van der Waals surface area contributed by atoms with Gasteiger partial charge >= 0.3 is 0 Å². The molecular formula is C17H23NO3S. The minimum atomic E-state index is -0.0301. The topological polar surface area (TPSA) is 38.8 Å². The van der Waals surface area contributed by atoms with Crippen LogP contribution in [-0.4, -0.2) is 50.3 Å². The normalized spacial score (nSPS) is 28.8. The van der Waals surface area contributed by atoms with Crippen molar-refractivity contribution < 1.29 is 14.3 Å². The van der Waals surface area contributed by atoms with Gasteiger partial charge in [0.05, 0.1) is 12.7 Å². The minimum Gasteiger partial charge on any atom is -0.384 e. The molecule has 22 heavy (non-hydrogen) atoms. The third-order valence-electron chi connectivity index (χ3n) is 4.66. The molecule has 2 aliphatic rings. The third kappa shape index (κ3) is 3.26. The second kappa shape index (κ2) is 6.94. The summed E-state index contributed by atoms with van der Waals surface area (Å²) in [5.74, 6) is 0.0906. The van der Waals surface area contributed by atoms with E-state index in [-0.39, 0.29) is 17.4 Å². The van der Waals surface area contributed by atoms with Crippen LogP contribution in [0.2, 0.25) is 0 Å². The number of piperidine rings is 1. The van der Waals surface area contributed by atoms with E-state index in [1.165, 1.54) is 0 Å². The van der Waals surface area contributed by atoms with Crippen molar-refractivity contribution in [1.82, 2.24) is 4.90 Å². The van der Waals surface area contributed by atoms with Gasteiger partial charge in [0.2, 0.25) is 5.91 Å². The molecule has 0 radical (unpaired) electrons. The van der Waals surface area contributed by atoms with Crippen LogP contribution >= 0.6 is 11.3 Å². The van der Waals surface area contributed by atoms with E-state index in [4.69, 9.17) is 9.47 Å². The molecule has 0 aromatic carbocycles. The van der Waals surface area contributed by atoms with Gasteiger partial charge in [0.15, 0.2) is 0 Å². The molecule has 2 saturated heterocycles. The van der Waals surface area contributed by atoms with Crippen molar-refractivity contribution >= 4 is 23.3 Å². The SMILES string of the molecule is COCC12CCCOC1CCN(C(=O)/C=C/c1cccs1)C2. The molecule has 3 rings (SSSR count). The van der Waals surface area contributed by atoms with Gasteiger partial charge in [0, 0.05) is 43.2 Å². The zero-order valence-electron chi connectivity index (χ0n) is 13.0. The van der Waals surface area contributed by atoms with E-state index in [9.17, 15) is 4.79 Å². The van der Waals surface area contributed by atoms with E-state index in [2.05, 4.69) is 0 Å². The monoisotopic (exact) mass is 321 g/mol. The number of rotatable bonds is 4. The van der Waals surface area contributed by atoms with Crippen LogP contribution in [0.1, 0.15) is 24.1 Å². The fourth-order valence-corrected chi connectivity index (χ4v) is 4.24. The molecule has 1 aromatic rings. The van der Waals surface area contributed by atoms with Gasteiger partial charge in [-0.15, -0.1) is 11.3 Å². The third-order valence-corrected chi connectivity index (χ3v) is 5.50. The summed E-state index contributed by atoms with van der Waals surface area (Å²) in [6, 6.07) is 4.01. The maximum atomic E-state index is 12.5. The van der Waals surface area contributed by atoms with Crippen LogP contribution in [0, 0.1) is 5.41 Å². The van der Waals surface area contributed by atoms with E-state index in [1.807, 2.05) is 28.5 Å². The predicted molar refractivity (Wildman–Crippen MR) is 87.8 cm³/mol. The first-order valence-electron chi connectivity index (χ1n) is 7.84.